The molecule has 1 N–H and O–H groups in total. The Morgan fingerprint density at radius 1 is 1.07 bits per heavy atom. The van der Waals surface area contributed by atoms with Crippen LogP contribution in [0.25, 0.3) is 0 Å². The van der Waals surface area contributed by atoms with Crippen molar-refractivity contribution in [3.8, 4) is 0 Å². The van der Waals surface area contributed by atoms with Crippen LogP contribution in [-0.4, -0.2) is 36.7 Å². The van der Waals surface area contributed by atoms with Gasteiger partial charge in [-0.15, -0.1) is 11.3 Å². The van der Waals surface area contributed by atoms with Gasteiger partial charge in [0.1, 0.15) is 0 Å². The maximum Gasteiger partial charge on any atom is 0.257 e. The summed E-state index contributed by atoms with van der Waals surface area (Å²) in [5.74, 6) is -0.303. The first-order chi connectivity index (χ1) is 14.1. The van der Waals surface area contributed by atoms with Crippen LogP contribution in [0.4, 0.5) is 5.13 Å². The number of benzene rings is 1. The smallest absolute Gasteiger partial charge is 0.257 e. The van der Waals surface area contributed by atoms with Gasteiger partial charge in [0, 0.05) is 29.4 Å². The Bertz CT molecular complexity index is 921. The van der Waals surface area contributed by atoms with E-state index in [4.69, 9.17) is 0 Å². The third kappa shape index (κ3) is 6.36. The van der Waals surface area contributed by atoms with Crippen LogP contribution in [0.3, 0.4) is 0 Å². The number of unbranched alkanes of at least 4 members (excludes halogenated alkanes) is 2. The second kappa shape index (κ2) is 10.5. The fraction of sp³-hybridized carbons (Fsp3) is 0.545. The van der Waals surface area contributed by atoms with Gasteiger partial charge in [0.25, 0.3) is 5.91 Å². The van der Waals surface area contributed by atoms with Crippen LogP contribution in [0.2, 0.25) is 0 Å². The fourth-order valence-electron chi connectivity index (χ4n) is 2.79. The molecule has 1 aromatic carbocycles. The molecule has 1 aromatic heterocycles. The number of amides is 1. The average molecular weight is 452 g/mol. The zero-order valence-corrected chi connectivity index (χ0v) is 20.2. The highest BCUT2D eigenvalue weighted by Crippen LogP contribution is 2.26. The first-order valence-electron chi connectivity index (χ1n) is 10.5. The van der Waals surface area contributed by atoms with Crippen molar-refractivity contribution < 1.29 is 13.2 Å². The van der Waals surface area contributed by atoms with Crippen LogP contribution >= 0.6 is 11.3 Å². The topological polar surface area (TPSA) is 79.4 Å². The van der Waals surface area contributed by atoms with E-state index in [9.17, 15) is 13.2 Å². The first-order valence-corrected chi connectivity index (χ1v) is 12.8. The molecule has 0 aliphatic carbocycles. The standard InChI is InChI=1S/C22H33N3O3S2/c1-6-8-14-25(15-9-7-2)30(27,28)18-12-10-17(11-13-18)20(26)24-21-23-19(16-29-21)22(3,4)5/h10-13,16H,6-9,14-15H2,1-5H3,(H,23,24,26). The van der Waals surface area contributed by atoms with Crippen molar-refractivity contribution in [1.82, 2.24) is 9.29 Å². The van der Waals surface area contributed by atoms with Crippen molar-refractivity contribution in [3.63, 3.8) is 0 Å². The lowest BCUT2D eigenvalue weighted by molar-refractivity contribution is 0.102. The summed E-state index contributed by atoms with van der Waals surface area (Å²) in [6, 6.07) is 6.13. The van der Waals surface area contributed by atoms with Crippen LogP contribution in [0, 0.1) is 0 Å². The SMILES string of the molecule is CCCCN(CCCC)S(=O)(=O)c1ccc(C(=O)Nc2nc(C(C)(C)C)cs2)cc1. The Hall–Kier alpha value is -1.77. The molecule has 0 atom stereocenters. The quantitative estimate of drug-likeness (QED) is 0.533. The predicted octanol–water partition coefficient (Wildman–Crippen LogP) is 5.28. The number of carbonyl (C=O) groups excluding carboxylic acids is 1. The number of thiazole rings is 1. The van der Waals surface area contributed by atoms with E-state index in [2.05, 4.69) is 31.1 Å². The lowest BCUT2D eigenvalue weighted by atomic mass is 9.93. The zero-order chi connectivity index (χ0) is 22.4. The number of nitrogens with zero attached hydrogens (tertiary/aromatic N) is 2. The zero-order valence-electron chi connectivity index (χ0n) is 18.6. The van der Waals surface area contributed by atoms with Crippen molar-refractivity contribution in [2.45, 2.75) is 70.6 Å². The van der Waals surface area contributed by atoms with Gasteiger partial charge in [0.2, 0.25) is 10.0 Å². The van der Waals surface area contributed by atoms with Gasteiger partial charge in [-0.05, 0) is 37.1 Å². The Morgan fingerprint density at radius 3 is 2.10 bits per heavy atom. The number of sulfonamides is 1. The molecule has 2 aromatic rings. The molecule has 0 aliphatic heterocycles. The van der Waals surface area contributed by atoms with Crippen molar-refractivity contribution in [1.29, 1.82) is 0 Å². The molecule has 0 saturated heterocycles. The van der Waals surface area contributed by atoms with E-state index in [1.807, 2.05) is 19.2 Å². The van der Waals surface area contributed by atoms with Gasteiger partial charge < -0.3 is 0 Å². The first kappa shape index (κ1) is 24.5. The van der Waals surface area contributed by atoms with Crippen LogP contribution in [0.15, 0.2) is 34.5 Å². The van der Waals surface area contributed by atoms with Crippen LogP contribution < -0.4 is 5.32 Å². The number of carbonyl (C=O) groups is 1. The van der Waals surface area contributed by atoms with Gasteiger partial charge in [-0.25, -0.2) is 13.4 Å². The number of hydrogen-bond donors (Lipinski definition) is 1. The molecule has 0 spiro atoms. The Labute approximate surface area is 184 Å². The number of hydrogen-bond acceptors (Lipinski definition) is 5. The summed E-state index contributed by atoms with van der Waals surface area (Å²) in [4.78, 5) is 17.2. The van der Waals surface area contributed by atoms with Gasteiger partial charge in [-0.2, -0.15) is 4.31 Å². The van der Waals surface area contributed by atoms with Crippen molar-refractivity contribution in [3.05, 3.63) is 40.9 Å². The normalized spacial score (nSPS) is 12.3. The molecule has 1 heterocycles. The third-order valence-electron chi connectivity index (χ3n) is 4.77. The van der Waals surface area contributed by atoms with Gasteiger partial charge in [0.05, 0.1) is 10.6 Å². The molecule has 0 aliphatic rings. The van der Waals surface area contributed by atoms with E-state index in [1.165, 1.54) is 23.5 Å². The van der Waals surface area contributed by atoms with Crippen LogP contribution in [-0.2, 0) is 15.4 Å². The highest BCUT2D eigenvalue weighted by molar-refractivity contribution is 7.89. The molecule has 166 valence electrons. The van der Waals surface area contributed by atoms with E-state index < -0.39 is 10.0 Å². The summed E-state index contributed by atoms with van der Waals surface area (Å²) in [5, 5.41) is 5.27. The molecule has 6 nitrogen and oxygen atoms in total. The summed E-state index contributed by atoms with van der Waals surface area (Å²) < 4.78 is 27.6. The summed E-state index contributed by atoms with van der Waals surface area (Å²) in [6.45, 7) is 11.3. The minimum absolute atomic E-state index is 0.0864. The van der Waals surface area contributed by atoms with Gasteiger partial charge in [-0.1, -0.05) is 47.5 Å². The third-order valence-corrected chi connectivity index (χ3v) is 7.44. The lowest BCUT2D eigenvalue weighted by Gasteiger charge is -2.22. The Morgan fingerprint density at radius 2 is 1.63 bits per heavy atom. The number of rotatable bonds is 10. The minimum atomic E-state index is -3.57. The van der Waals surface area contributed by atoms with Crippen molar-refractivity contribution >= 4 is 32.4 Å². The lowest BCUT2D eigenvalue weighted by Crippen LogP contribution is -2.33. The highest BCUT2D eigenvalue weighted by atomic mass is 32.2. The number of anilines is 1. The molecule has 2 rings (SSSR count). The van der Waals surface area contributed by atoms with Gasteiger partial charge in [0.15, 0.2) is 5.13 Å². The summed E-state index contributed by atoms with van der Waals surface area (Å²) in [6.07, 6.45) is 3.53. The van der Waals surface area contributed by atoms with E-state index in [0.29, 0.717) is 23.8 Å². The molecular weight excluding hydrogens is 418 g/mol. The monoisotopic (exact) mass is 451 g/mol. The molecule has 0 unspecified atom stereocenters. The van der Waals surface area contributed by atoms with Crippen LogP contribution in [0.5, 0.6) is 0 Å². The summed E-state index contributed by atoms with van der Waals surface area (Å²) in [7, 11) is -3.57. The van der Waals surface area contributed by atoms with Crippen LogP contribution in [0.1, 0.15) is 76.4 Å². The number of aromatic nitrogens is 1. The van der Waals surface area contributed by atoms with Crippen molar-refractivity contribution in [2.24, 2.45) is 0 Å². The molecule has 8 heteroatoms. The van der Waals surface area contributed by atoms with Gasteiger partial charge in [-0.3, -0.25) is 10.1 Å². The summed E-state index contributed by atoms with van der Waals surface area (Å²) in [5.41, 5.74) is 1.23. The highest BCUT2D eigenvalue weighted by Gasteiger charge is 2.24. The molecule has 0 saturated carbocycles. The second-order valence-electron chi connectivity index (χ2n) is 8.38. The molecular formula is C22H33N3O3S2. The van der Waals surface area contributed by atoms with E-state index >= 15 is 0 Å². The van der Waals surface area contributed by atoms with E-state index in [0.717, 1.165) is 31.4 Å². The molecule has 0 fully saturated rings. The second-order valence-corrected chi connectivity index (χ2v) is 11.2. The largest absolute Gasteiger partial charge is 0.298 e. The molecule has 0 radical (unpaired) electrons. The van der Waals surface area contributed by atoms with Crippen molar-refractivity contribution in [2.75, 3.05) is 18.4 Å². The average Bonchev–Trinajstić information content (AvgIpc) is 3.17. The Balaban J connectivity index is 2.13. The maximum atomic E-state index is 13.0. The maximum absolute atomic E-state index is 13.0. The van der Waals surface area contributed by atoms with Gasteiger partial charge >= 0.3 is 0 Å². The Kier molecular flexibility index (Phi) is 8.58. The number of nitrogens with one attached hydrogen (secondary N) is 1. The predicted molar refractivity (Wildman–Crippen MR) is 124 cm³/mol. The summed E-state index contributed by atoms with van der Waals surface area (Å²) >= 11 is 1.38. The fourth-order valence-corrected chi connectivity index (χ4v) is 5.24. The molecule has 0 bridgehead atoms. The molecule has 1 amide bonds. The van der Waals surface area contributed by atoms with E-state index in [-0.39, 0.29) is 16.2 Å². The molecule has 30 heavy (non-hydrogen) atoms. The minimum Gasteiger partial charge on any atom is -0.298 e. The van der Waals surface area contributed by atoms with E-state index in [1.54, 1.807) is 16.4 Å².